The highest BCUT2D eigenvalue weighted by atomic mass is 16.3. The lowest BCUT2D eigenvalue weighted by atomic mass is 10.2. The van der Waals surface area contributed by atoms with Gasteiger partial charge in [-0.05, 0) is 36.4 Å². The van der Waals surface area contributed by atoms with E-state index in [4.69, 9.17) is 0 Å². The van der Waals surface area contributed by atoms with Gasteiger partial charge in [0.1, 0.15) is 5.75 Å². The zero-order chi connectivity index (χ0) is 16.6. The standard InChI is InChI=1S/C19H16N4O/c24-18-13-11-17(12-14-18)21-23-19(15-7-3-1-4-8-15)22-20-16-9-5-2-6-10-16/h1-14,20,24H. The molecular weight excluding hydrogens is 300 g/mol. The van der Waals surface area contributed by atoms with Gasteiger partial charge in [0, 0.05) is 5.56 Å². The average molecular weight is 316 g/mol. The Morgan fingerprint density at radius 1 is 0.750 bits per heavy atom. The SMILES string of the molecule is Oc1ccc(N=NC(=NNc2ccccc2)c2ccccc2)cc1. The quantitative estimate of drug-likeness (QED) is 0.309. The summed E-state index contributed by atoms with van der Waals surface area (Å²) >= 11 is 0. The summed E-state index contributed by atoms with van der Waals surface area (Å²) in [5, 5.41) is 22.1. The van der Waals surface area contributed by atoms with Crippen LogP contribution in [-0.2, 0) is 0 Å². The van der Waals surface area contributed by atoms with E-state index < -0.39 is 0 Å². The van der Waals surface area contributed by atoms with E-state index in [1.807, 2.05) is 60.7 Å². The fourth-order valence-corrected chi connectivity index (χ4v) is 1.99. The van der Waals surface area contributed by atoms with Gasteiger partial charge in [-0.1, -0.05) is 48.5 Å². The van der Waals surface area contributed by atoms with Gasteiger partial charge in [-0.15, -0.1) is 10.2 Å². The number of phenolic OH excluding ortho intramolecular Hbond substituents is 1. The van der Waals surface area contributed by atoms with E-state index in [0.717, 1.165) is 11.3 Å². The second-order valence-corrected chi connectivity index (χ2v) is 5.00. The highest BCUT2D eigenvalue weighted by Crippen LogP contribution is 2.17. The summed E-state index contributed by atoms with van der Waals surface area (Å²) in [5.74, 6) is 0.657. The number of aromatic hydroxyl groups is 1. The molecule has 0 bridgehead atoms. The number of phenols is 1. The number of amidine groups is 1. The number of para-hydroxylation sites is 1. The summed E-state index contributed by atoms with van der Waals surface area (Å²) in [6, 6.07) is 25.8. The van der Waals surface area contributed by atoms with Crippen LogP contribution in [0.25, 0.3) is 0 Å². The summed E-state index contributed by atoms with van der Waals surface area (Å²) in [5.41, 5.74) is 5.34. The van der Waals surface area contributed by atoms with Crippen LogP contribution in [0.2, 0.25) is 0 Å². The molecule has 0 aliphatic carbocycles. The Labute approximate surface area is 140 Å². The molecule has 0 radical (unpaired) electrons. The van der Waals surface area contributed by atoms with Crippen molar-refractivity contribution in [2.24, 2.45) is 15.3 Å². The fraction of sp³-hybridized carbons (Fsp3) is 0. The minimum absolute atomic E-state index is 0.191. The predicted octanol–water partition coefficient (Wildman–Crippen LogP) is 4.95. The van der Waals surface area contributed by atoms with Crippen molar-refractivity contribution in [3.05, 3.63) is 90.5 Å². The monoisotopic (exact) mass is 316 g/mol. The van der Waals surface area contributed by atoms with Gasteiger partial charge in [-0.3, -0.25) is 5.43 Å². The molecule has 0 saturated heterocycles. The van der Waals surface area contributed by atoms with E-state index in [0.29, 0.717) is 11.5 Å². The number of rotatable bonds is 4. The first kappa shape index (κ1) is 15.4. The van der Waals surface area contributed by atoms with E-state index in [2.05, 4.69) is 20.8 Å². The van der Waals surface area contributed by atoms with Gasteiger partial charge >= 0.3 is 0 Å². The lowest BCUT2D eigenvalue weighted by Gasteiger charge is -2.03. The minimum atomic E-state index is 0.191. The smallest absolute Gasteiger partial charge is 0.201 e. The van der Waals surface area contributed by atoms with Gasteiger partial charge in [0.2, 0.25) is 5.84 Å². The lowest BCUT2D eigenvalue weighted by molar-refractivity contribution is 0.475. The van der Waals surface area contributed by atoms with Gasteiger partial charge in [0.05, 0.1) is 11.4 Å². The molecule has 5 heteroatoms. The molecule has 0 aliphatic heterocycles. The van der Waals surface area contributed by atoms with Crippen LogP contribution in [0.4, 0.5) is 11.4 Å². The van der Waals surface area contributed by atoms with E-state index >= 15 is 0 Å². The third-order valence-electron chi connectivity index (χ3n) is 3.21. The maximum atomic E-state index is 9.32. The molecule has 24 heavy (non-hydrogen) atoms. The Balaban J connectivity index is 1.86. The molecule has 3 rings (SSSR count). The first-order chi connectivity index (χ1) is 11.8. The molecule has 118 valence electrons. The maximum absolute atomic E-state index is 9.32. The first-order valence-electron chi connectivity index (χ1n) is 7.46. The molecule has 5 nitrogen and oxygen atoms in total. The summed E-state index contributed by atoms with van der Waals surface area (Å²) in [4.78, 5) is 0. The molecule has 2 N–H and O–H groups in total. The van der Waals surface area contributed by atoms with Gasteiger partial charge in [0.25, 0.3) is 0 Å². The number of benzene rings is 3. The number of hydrogen-bond acceptors (Lipinski definition) is 4. The normalized spacial score (nSPS) is 11.6. The molecule has 3 aromatic carbocycles. The molecule has 0 unspecified atom stereocenters. The third-order valence-corrected chi connectivity index (χ3v) is 3.21. The van der Waals surface area contributed by atoms with Crippen LogP contribution in [0.5, 0.6) is 5.75 Å². The molecular formula is C19H16N4O. The van der Waals surface area contributed by atoms with Crippen molar-refractivity contribution in [3.8, 4) is 5.75 Å². The predicted molar refractivity (Wildman–Crippen MR) is 95.7 cm³/mol. The molecule has 0 aromatic heterocycles. The van der Waals surface area contributed by atoms with Crippen molar-refractivity contribution in [2.75, 3.05) is 5.43 Å². The summed E-state index contributed by atoms with van der Waals surface area (Å²) in [6.45, 7) is 0. The highest BCUT2D eigenvalue weighted by Gasteiger charge is 2.02. The Hall–Kier alpha value is -3.47. The topological polar surface area (TPSA) is 69.3 Å². The second kappa shape index (κ2) is 7.69. The first-order valence-corrected chi connectivity index (χ1v) is 7.46. The van der Waals surface area contributed by atoms with Crippen LogP contribution >= 0.6 is 0 Å². The van der Waals surface area contributed by atoms with Crippen molar-refractivity contribution in [2.45, 2.75) is 0 Å². The number of hydrazone groups is 1. The van der Waals surface area contributed by atoms with Crippen molar-refractivity contribution in [1.82, 2.24) is 0 Å². The summed E-state index contributed by atoms with van der Waals surface area (Å²) < 4.78 is 0. The Morgan fingerprint density at radius 2 is 1.38 bits per heavy atom. The molecule has 0 heterocycles. The average Bonchev–Trinajstić information content (AvgIpc) is 2.65. The number of nitrogens with one attached hydrogen (secondary N) is 1. The maximum Gasteiger partial charge on any atom is 0.201 e. The van der Waals surface area contributed by atoms with Gasteiger partial charge < -0.3 is 5.11 Å². The molecule has 0 atom stereocenters. The number of nitrogens with zero attached hydrogens (tertiary/aromatic N) is 3. The highest BCUT2D eigenvalue weighted by molar-refractivity contribution is 5.99. The molecule has 0 fully saturated rings. The number of hydrogen-bond donors (Lipinski definition) is 2. The Bertz CT molecular complexity index is 828. The van der Waals surface area contributed by atoms with Crippen molar-refractivity contribution in [1.29, 1.82) is 0 Å². The number of azo groups is 1. The van der Waals surface area contributed by atoms with E-state index in [1.165, 1.54) is 0 Å². The lowest BCUT2D eigenvalue weighted by Crippen LogP contribution is -2.00. The van der Waals surface area contributed by atoms with E-state index in [1.54, 1.807) is 24.3 Å². The fourth-order valence-electron chi connectivity index (χ4n) is 1.99. The number of anilines is 1. The van der Waals surface area contributed by atoms with Crippen LogP contribution in [0, 0.1) is 0 Å². The Morgan fingerprint density at radius 3 is 2.04 bits per heavy atom. The molecule has 0 amide bonds. The van der Waals surface area contributed by atoms with Crippen molar-refractivity contribution in [3.63, 3.8) is 0 Å². The summed E-state index contributed by atoms with van der Waals surface area (Å²) in [7, 11) is 0. The molecule has 0 spiro atoms. The second-order valence-electron chi connectivity index (χ2n) is 5.00. The minimum Gasteiger partial charge on any atom is -0.508 e. The van der Waals surface area contributed by atoms with Crippen molar-refractivity contribution >= 4 is 17.2 Å². The zero-order valence-corrected chi connectivity index (χ0v) is 12.9. The van der Waals surface area contributed by atoms with Crippen LogP contribution in [0.3, 0.4) is 0 Å². The zero-order valence-electron chi connectivity index (χ0n) is 12.9. The van der Waals surface area contributed by atoms with Crippen LogP contribution in [0.15, 0.2) is 100 Å². The summed E-state index contributed by atoms with van der Waals surface area (Å²) in [6.07, 6.45) is 0. The van der Waals surface area contributed by atoms with E-state index in [9.17, 15) is 5.11 Å². The molecule has 3 aromatic rings. The molecule has 0 aliphatic rings. The van der Waals surface area contributed by atoms with Crippen LogP contribution in [0.1, 0.15) is 5.56 Å². The largest absolute Gasteiger partial charge is 0.508 e. The van der Waals surface area contributed by atoms with Crippen molar-refractivity contribution < 1.29 is 5.11 Å². The van der Waals surface area contributed by atoms with Gasteiger partial charge in [0.15, 0.2) is 0 Å². The molecule has 0 saturated carbocycles. The van der Waals surface area contributed by atoms with E-state index in [-0.39, 0.29) is 5.75 Å². The third kappa shape index (κ3) is 4.27. The Kier molecular flexibility index (Phi) is 4.94. The van der Waals surface area contributed by atoms with Gasteiger partial charge in [-0.2, -0.15) is 5.10 Å². The van der Waals surface area contributed by atoms with Crippen LogP contribution in [-0.4, -0.2) is 10.9 Å². The van der Waals surface area contributed by atoms with Gasteiger partial charge in [-0.25, -0.2) is 0 Å². The van der Waals surface area contributed by atoms with Crippen LogP contribution < -0.4 is 5.43 Å².